The maximum Gasteiger partial charge on any atom is 0.118 e. The summed E-state index contributed by atoms with van der Waals surface area (Å²) >= 11 is 0. The van der Waals surface area contributed by atoms with Crippen molar-refractivity contribution in [1.29, 1.82) is 0 Å². The van der Waals surface area contributed by atoms with Crippen molar-refractivity contribution in [3.63, 3.8) is 0 Å². The Morgan fingerprint density at radius 1 is 1.04 bits per heavy atom. The molecule has 0 bridgehead atoms. The van der Waals surface area contributed by atoms with E-state index >= 15 is 0 Å². The predicted molar refractivity (Wildman–Crippen MR) is 94.7 cm³/mol. The highest BCUT2D eigenvalue weighted by atomic mass is 16.5. The first-order chi connectivity index (χ1) is 11.2. The van der Waals surface area contributed by atoms with E-state index in [-0.39, 0.29) is 5.60 Å². The van der Waals surface area contributed by atoms with Gasteiger partial charge in [0.15, 0.2) is 0 Å². The van der Waals surface area contributed by atoms with Crippen LogP contribution in [0.25, 0.3) is 0 Å². The van der Waals surface area contributed by atoms with Crippen molar-refractivity contribution in [3.8, 4) is 5.75 Å². The lowest BCUT2D eigenvalue weighted by Crippen LogP contribution is -2.45. The molecule has 0 spiro atoms. The first-order valence-electron chi connectivity index (χ1n) is 9.64. The Kier molecular flexibility index (Phi) is 5.63. The summed E-state index contributed by atoms with van der Waals surface area (Å²) in [6.07, 6.45) is 14.2. The molecule has 2 aliphatic rings. The zero-order valence-electron chi connectivity index (χ0n) is 14.6. The van der Waals surface area contributed by atoms with Crippen LogP contribution in [0.4, 0.5) is 0 Å². The number of phenolic OH excluding ortho intramolecular Hbond substituents is 1. The van der Waals surface area contributed by atoms with E-state index in [1.54, 1.807) is 6.07 Å². The third-order valence-electron chi connectivity index (χ3n) is 6.07. The van der Waals surface area contributed by atoms with E-state index in [2.05, 4.69) is 13.0 Å². The maximum absolute atomic E-state index is 10.1. The molecule has 1 N–H and O–H groups in total. The molecule has 1 aromatic rings. The molecule has 2 nitrogen and oxygen atoms in total. The van der Waals surface area contributed by atoms with Gasteiger partial charge in [-0.05, 0) is 49.7 Å². The maximum atomic E-state index is 10.1. The summed E-state index contributed by atoms with van der Waals surface area (Å²) in [5.41, 5.74) is 1.10. The summed E-state index contributed by atoms with van der Waals surface area (Å²) < 4.78 is 6.81. The second-order valence-electron chi connectivity index (χ2n) is 7.74. The molecule has 128 valence electrons. The van der Waals surface area contributed by atoms with Crippen LogP contribution in [-0.2, 0) is 11.2 Å². The molecule has 2 heteroatoms. The summed E-state index contributed by atoms with van der Waals surface area (Å²) in [5.74, 6) is 0.890. The fraction of sp³-hybridized carbons (Fsp3) is 0.714. The van der Waals surface area contributed by atoms with Crippen molar-refractivity contribution >= 4 is 0 Å². The summed E-state index contributed by atoms with van der Waals surface area (Å²) in [5, 5.41) is 10.1. The van der Waals surface area contributed by atoms with E-state index in [0.717, 1.165) is 12.0 Å². The quantitative estimate of drug-likeness (QED) is 0.763. The number of hydrogen-bond donors (Lipinski definition) is 1. The van der Waals surface area contributed by atoms with E-state index in [4.69, 9.17) is 4.74 Å². The first-order valence-corrected chi connectivity index (χ1v) is 9.64. The van der Waals surface area contributed by atoms with Gasteiger partial charge < -0.3 is 9.84 Å². The third kappa shape index (κ3) is 4.09. The number of para-hydroxylation sites is 1. The number of rotatable bonds is 5. The number of hydrogen-bond acceptors (Lipinski definition) is 2. The number of ether oxygens (including phenoxy) is 1. The minimum Gasteiger partial charge on any atom is -0.508 e. The van der Waals surface area contributed by atoms with Crippen LogP contribution in [0.1, 0.15) is 76.7 Å². The monoisotopic (exact) mass is 316 g/mol. The highest BCUT2D eigenvalue weighted by Gasteiger charge is 2.40. The molecule has 2 fully saturated rings. The molecule has 0 aromatic heterocycles. The van der Waals surface area contributed by atoms with Gasteiger partial charge in [0, 0.05) is 0 Å². The smallest absolute Gasteiger partial charge is 0.118 e. The van der Waals surface area contributed by atoms with Crippen LogP contribution >= 0.6 is 0 Å². The van der Waals surface area contributed by atoms with E-state index in [9.17, 15) is 5.11 Å². The summed E-state index contributed by atoms with van der Waals surface area (Å²) in [6, 6.07) is 7.79. The van der Waals surface area contributed by atoms with Crippen molar-refractivity contribution in [2.75, 3.05) is 0 Å². The van der Waals surface area contributed by atoms with Crippen LogP contribution in [0.15, 0.2) is 24.3 Å². The van der Waals surface area contributed by atoms with Crippen molar-refractivity contribution in [2.45, 2.75) is 89.3 Å². The largest absolute Gasteiger partial charge is 0.508 e. The Morgan fingerprint density at radius 2 is 1.70 bits per heavy atom. The van der Waals surface area contributed by atoms with Crippen LogP contribution in [-0.4, -0.2) is 16.8 Å². The molecule has 23 heavy (non-hydrogen) atoms. The molecular formula is C21H32O2. The summed E-state index contributed by atoms with van der Waals surface area (Å²) in [6.45, 7) is 2.33. The average Bonchev–Trinajstić information content (AvgIpc) is 2.58. The van der Waals surface area contributed by atoms with Crippen molar-refractivity contribution in [3.05, 3.63) is 29.8 Å². The Bertz CT molecular complexity index is 484. The highest BCUT2D eigenvalue weighted by molar-refractivity contribution is 5.32. The lowest BCUT2D eigenvalue weighted by atomic mass is 9.73. The average molecular weight is 316 g/mol. The van der Waals surface area contributed by atoms with Gasteiger partial charge in [-0.15, -0.1) is 0 Å². The second kappa shape index (κ2) is 7.70. The van der Waals surface area contributed by atoms with Gasteiger partial charge >= 0.3 is 0 Å². The molecule has 2 saturated carbocycles. The molecule has 1 atom stereocenters. The lowest BCUT2D eigenvalue weighted by molar-refractivity contribution is -0.151. The van der Waals surface area contributed by atoms with Gasteiger partial charge in [0.2, 0.25) is 0 Å². The first kappa shape index (κ1) is 16.8. The third-order valence-corrected chi connectivity index (χ3v) is 6.07. The molecule has 2 aliphatic carbocycles. The SMILES string of the molecule is CC(Cc1ccccc1O)C1(OC2CCCCC2)CCCCC1. The minimum absolute atomic E-state index is 0.0303. The van der Waals surface area contributed by atoms with Gasteiger partial charge in [-0.25, -0.2) is 0 Å². The van der Waals surface area contributed by atoms with Crippen LogP contribution < -0.4 is 0 Å². The lowest BCUT2D eigenvalue weighted by Gasteiger charge is -2.45. The summed E-state index contributed by atoms with van der Waals surface area (Å²) in [4.78, 5) is 0. The van der Waals surface area contributed by atoms with Gasteiger partial charge in [-0.1, -0.05) is 63.6 Å². The van der Waals surface area contributed by atoms with Crippen LogP contribution in [0, 0.1) is 5.92 Å². The molecule has 0 amide bonds. The van der Waals surface area contributed by atoms with Crippen molar-refractivity contribution in [2.24, 2.45) is 5.92 Å². The number of aromatic hydroxyl groups is 1. The van der Waals surface area contributed by atoms with E-state index in [1.165, 1.54) is 64.2 Å². The minimum atomic E-state index is 0.0303. The Balaban J connectivity index is 1.73. The Hall–Kier alpha value is -1.02. The molecular weight excluding hydrogens is 284 g/mol. The van der Waals surface area contributed by atoms with Gasteiger partial charge in [0.1, 0.15) is 5.75 Å². The molecule has 1 unspecified atom stereocenters. The van der Waals surface area contributed by atoms with Crippen LogP contribution in [0.3, 0.4) is 0 Å². The molecule has 0 aliphatic heterocycles. The molecule has 3 rings (SSSR count). The van der Waals surface area contributed by atoms with Crippen LogP contribution in [0.5, 0.6) is 5.75 Å². The topological polar surface area (TPSA) is 29.5 Å². The molecule has 0 radical (unpaired) electrons. The van der Waals surface area contributed by atoms with Gasteiger partial charge in [0.25, 0.3) is 0 Å². The molecule has 1 aromatic carbocycles. The van der Waals surface area contributed by atoms with E-state index in [1.807, 2.05) is 12.1 Å². The zero-order valence-corrected chi connectivity index (χ0v) is 14.6. The predicted octanol–water partition coefficient (Wildman–Crippen LogP) is 5.62. The van der Waals surface area contributed by atoms with Gasteiger partial charge in [-0.3, -0.25) is 0 Å². The molecule has 0 heterocycles. The van der Waals surface area contributed by atoms with Crippen molar-refractivity contribution < 1.29 is 9.84 Å². The summed E-state index contributed by atoms with van der Waals surface area (Å²) in [7, 11) is 0. The Morgan fingerprint density at radius 3 is 2.39 bits per heavy atom. The fourth-order valence-electron chi connectivity index (χ4n) is 4.59. The number of benzene rings is 1. The van der Waals surface area contributed by atoms with E-state index in [0.29, 0.717) is 17.8 Å². The number of phenols is 1. The van der Waals surface area contributed by atoms with Crippen molar-refractivity contribution in [1.82, 2.24) is 0 Å². The van der Waals surface area contributed by atoms with Gasteiger partial charge in [0.05, 0.1) is 11.7 Å². The zero-order chi connectivity index (χ0) is 16.1. The normalized spacial score (nSPS) is 23.5. The highest BCUT2D eigenvalue weighted by Crippen LogP contribution is 2.42. The van der Waals surface area contributed by atoms with Crippen LogP contribution in [0.2, 0.25) is 0 Å². The molecule has 0 saturated heterocycles. The van der Waals surface area contributed by atoms with Gasteiger partial charge in [-0.2, -0.15) is 0 Å². The second-order valence-corrected chi connectivity index (χ2v) is 7.74. The fourth-order valence-corrected chi connectivity index (χ4v) is 4.59. The van der Waals surface area contributed by atoms with E-state index < -0.39 is 0 Å². The Labute approximate surface area is 141 Å². The standard InChI is InChI=1S/C21H32O2/c1-17(16-18-10-6-7-13-20(18)22)21(14-8-3-9-15-21)23-19-11-4-2-5-12-19/h6-7,10,13,17,19,22H,2-5,8-9,11-12,14-16H2,1H3.